The molecule has 2 rings (SSSR count). The van der Waals surface area contributed by atoms with Crippen LogP contribution in [0.25, 0.3) is 6.08 Å². The van der Waals surface area contributed by atoms with Crippen molar-refractivity contribution in [2.24, 2.45) is 0 Å². The van der Waals surface area contributed by atoms with Crippen LogP contribution in [0.1, 0.15) is 29.8 Å². The van der Waals surface area contributed by atoms with Crippen molar-refractivity contribution < 1.29 is 19.4 Å². The van der Waals surface area contributed by atoms with Gasteiger partial charge in [0, 0.05) is 24.3 Å². The molecule has 0 aliphatic rings. The molecular formula is C21H22NO4-. The lowest BCUT2D eigenvalue weighted by molar-refractivity contribution is -0.307. The summed E-state index contributed by atoms with van der Waals surface area (Å²) in [5.41, 5.74) is 2.61. The topological polar surface area (TPSA) is 69.7 Å². The van der Waals surface area contributed by atoms with Crippen molar-refractivity contribution in [1.29, 1.82) is 0 Å². The maximum atomic E-state index is 12.2. The molecule has 0 spiro atoms. The van der Waals surface area contributed by atoms with Gasteiger partial charge in [0.1, 0.15) is 12.4 Å². The number of carboxylic acid groups (broad SMARTS) is 1. The first-order valence-electron chi connectivity index (χ1n) is 8.53. The SMILES string of the molecule is CCN(CC)c1ccc(/C=C/C(=O)c2ccc(OCC(=O)[O-])cc2)cc1. The molecule has 5 heteroatoms. The fourth-order valence-corrected chi connectivity index (χ4v) is 2.51. The quantitative estimate of drug-likeness (QED) is 0.512. The van der Waals surface area contributed by atoms with Gasteiger partial charge >= 0.3 is 0 Å². The second kappa shape index (κ2) is 9.42. The Balaban J connectivity index is 1.99. The number of anilines is 1. The first kappa shape index (κ1) is 19.2. The minimum Gasteiger partial charge on any atom is -0.546 e. The van der Waals surface area contributed by atoms with Gasteiger partial charge in [0.25, 0.3) is 0 Å². The largest absolute Gasteiger partial charge is 0.546 e. The number of hydrogen-bond acceptors (Lipinski definition) is 5. The van der Waals surface area contributed by atoms with Crippen molar-refractivity contribution in [3.63, 3.8) is 0 Å². The van der Waals surface area contributed by atoms with E-state index in [1.807, 2.05) is 24.3 Å². The third-order valence-electron chi connectivity index (χ3n) is 3.94. The molecule has 0 unspecified atom stereocenters. The molecule has 5 nitrogen and oxygen atoms in total. The van der Waals surface area contributed by atoms with E-state index in [4.69, 9.17) is 4.74 Å². The van der Waals surface area contributed by atoms with E-state index in [1.54, 1.807) is 30.3 Å². The molecular weight excluding hydrogens is 330 g/mol. The van der Waals surface area contributed by atoms with E-state index >= 15 is 0 Å². The molecule has 0 amide bonds. The third kappa shape index (κ3) is 5.48. The van der Waals surface area contributed by atoms with Crippen LogP contribution in [-0.2, 0) is 4.79 Å². The van der Waals surface area contributed by atoms with Crippen molar-refractivity contribution in [1.82, 2.24) is 0 Å². The predicted octanol–water partition coefficient (Wildman–Crippen LogP) is 2.56. The average Bonchev–Trinajstić information content (AvgIpc) is 2.67. The molecule has 0 aromatic heterocycles. The van der Waals surface area contributed by atoms with E-state index in [1.165, 1.54) is 6.08 Å². The summed E-state index contributed by atoms with van der Waals surface area (Å²) in [5, 5.41) is 10.4. The van der Waals surface area contributed by atoms with Crippen LogP contribution in [0, 0.1) is 0 Å². The molecule has 0 aliphatic carbocycles. The molecule has 0 radical (unpaired) electrons. The van der Waals surface area contributed by atoms with Gasteiger partial charge in [-0.1, -0.05) is 18.2 Å². The van der Waals surface area contributed by atoms with E-state index in [2.05, 4.69) is 18.7 Å². The van der Waals surface area contributed by atoms with Gasteiger partial charge in [-0.3, -0.25) is 4.79 Å². The number of carbonyl (C=O) groups excluding carboxylic acids is 2. The smallest absolute Gasteiger partial charge is 0.185 e. The van der Waals surface area contributed by atoms with Crippen LogP contribution in [0.2, 0.25) is 0 Å². The molecule has 0 saturated heterocycles. The Labute approximate surface area is 153 Å². The maximum absolute atomic E-state index is 12.2. The molecule has 0 heterocycles. The van der Waals surface area contributed by atoms with E-state index in [9.17, 15) is 14.7 Å². The standard InChI is InChI=1S/C21H23NO4/c1-3-22(4-2)18-10-5-16(6-11-18)7-14-20(23)17-8-12-19(13-9-17)26-15-21(24)25/h5-14H,3-4,15H2,1-2H3,(H,24,25)/p-1/b14-7+. The van der Waals surface area contributed by atoms with Crippen LogP contribution in [-0.4, -0.2) is 31.4 Å². The molecule has 2 aromatic rings. The lowest BCUT2D eigenvalue weighted by Gasteiger charge is -2.20. The van der Waals surface area contributed by atoms with Gasteiger partial charge in [-0.25, -0.2) is 0 Å². The Hall–Kier alpha value is -3.08. The fourth-order valence-electron chi connectivity index (χ4n) is 2.51. The summed E-state index contributed by atoms with van der Waals surface area (Å²) in [6.07, 6.45) is 3.29. The average molecular weight is 352 g/mol. The molecule has 26 heavy (non-hydrogen) atoms. The second-order valence-corrected chi connectivity index (χ2v) is 5.65. The lowest BCUT2D eigenvalue weighted by Crippen LogP contribution is -2.28. The summed E-state index contributed by atoms with van der Waals surface area (Å²) in [6.45, 7) is 5.62. The second-order valence-electron chi connectivity index (χ2n) is 5.65. The van der Waals surface area contributed by atoms with Gasteiger partial charge in [0.15, 0.2) is 5.78 Å². The molecule has 0 saturated carbocycles. The van der Waals surface area contributed by atoms with Crippen molar-refractivity contribution in [2.45, 2.75) is 13.8 Å². The number of allylic oxidation sites excluding steroid dienone is 1. The highest BCUT2D eigenvalue weighted by atomic mass is 16.5. The van der Waals surface area contributed by atoms with E-state index in [0.29, 0.717) is 11.3 Å². The van der Waals surface area contributed by atoms with Gasteiger partial charge in [-0.05, 0) is 61.9 Å². The minimum atomic E-state index is -1.29. The number of ketones is 1. The van der Waals surface area contributed by atoms with Crippen LogP contribution in [0.15, 0.2) is 54.6 Å². The van der Waals surface area contributed by atoms with Crippen LogP contribution in [0.5, 0.6) is 5.75 Å². The molecule has 0 fully saturated rings. The first-order valence-corrected chi connectivity index (χ1v) is 8.53. The number of ether oxygens (including phenoxy) is 1. The van der Waals surface area contributed by atoms with Crippen molar-refractivity contribution in [2.75, 3.05) is 24.6 Å². The van der Waals surface area contributed by atoms with Crippen molar-refractivity contribution in [3.05, 3.63) is 65.7 Å². The maximum Gasteiger partial charge on any atom is 0.185 e. The summed E-state index contributed by atoms with van der Waals surface area (Å²) in [5.74, 6) is -1.05. The monoisotopic (exact) mass is 352 g/mol. The van der Waals surface area contributed by atoms with Gasteiger partial charge in [0.2, 0.25) is 0 Å². The number of rotatable bonds is 9. The Morgan fingerprint density at radius 3 is 2.15 bits per heavy atom. The Morgan fingerprint density at radius 1 is 1.00 bits per heavy atom. The predicted molar refractivity (Wildman–Crippen MR) is 100 cm³/mol. The van der Waals surface area contributed by atoms with Crippen molar-refractivity contribution >= 4 is 23.5 Å². The number of hydrogen-bond donors (Lipinski definition) is 0. The molecule has 0 N–H and O–H groups in total. The van der Waals surface area contributed by atoms with Crippen LogP contribution < -0.4 is 14.7 Å². The molecule has 2 aromatic carbocycles. The number of aliphatic carboxylic acids is 1. The highest BCUT2D eigenvalue weighted by Crippen LogP contribution is 2.17. The van der Waals surface area contributed by atoms with Gasteiger partial charge in [0.05, 0.1) is 5.97 Å². The number of nitrogens with zero attached hydrogens (tertiary/aromatic N) is 1. The number of carbonyl (C=O) groups is 2. The Morgan fingerprint density at radius 2 is 1.62 bits per heavy atom. The first-order chi connectivity index (χ1) is 12.5. The molecule has 0 bridgehead atoms. The zero-order valence-electron chi connectivity index (χ0n) is 15.0. The van der Waals surface area contributed by atoms with E-state index in [-0.39, 0.29) is 5.78 Å². The summed E-state index contributed by atoms with van der Waals surface area (Å²) in [4.78, 5) is 24.8. The molecule has 0 aliphatic heterocycles. The lowest BCUT2D eigenvalue weighted by atomic mass is 10.1. The van der Waals surface area contributed by atoms with Gasteiger partial charge < -0.3 is 19.5 Å². The Kier molecular flexibility index (Phi) is 6.97. The minimum absolute atomic E-state index is 0.135. The van der Waals surface area contributed by atoms with Gasteiger partial charge in [-0.15, -0.1) is 0 Å². The summed E-state index contributed by atoms with van der Waals surface area (Å²) in [7, 11) is 0. The van der Waals surface area contributed by atoms with Crippen LogP contribution >= 0.6 is 0 Å². The zero-order valence-corrected chi connectivity index (χ0v) is 15.0. The highest BCUT2D eigenvalue weighted by Gasteiger charge is 2.03. The van der Waals surface area contributed by atoms with Crippen LogP contribution in [0.4, 0.5) is 5.69 Å². The summed E-state index contributed by atoms with van der Waals surface area (Å²) < 4.78 is 4.99. The normalized spacial score (nSPS) is 10.7. The van der Waals surface area contributed by atoms with Crippen molar-refractivity contribution in [3.8, 4) is 5.75 Å². The van der Waals surface area contributed by atoms with E-state index < -0.39 is 12.6 Å². The third-order valence-corrected chi connectivity index (χ3v) is 3.94. The Bertz CT molecular complexity index is 760. The highest BCUT2D eigenvalue weighted by molar-refractivity contribution is 6.06. The van der Waals surface area contributed by atoms with E-state index in [0.717, 1.165) is 24.3 Å². The van der Waals surface area contributed by atoms with Gasteiger partial charge in [-0.2, -0.15) is 0 Å². The van der Waals surface area contributed by atoms with Crippen LogP contribution in [0.3, 0.4) is 0 Å². The summed E-state index contributed by atoms with van der Waals surface area (Å²) >= 11 is 0. The zero-order chi connectivity index (χ0) is 18.9. The molecule has 136 valence electrons. The number of carboxylic acids is 1. The molecule has 0 atom stereocenters. The number of benzene rings is 2. The summed E-state index contributed by atoms with van der Waals surface area (Å²) in [6, 6.07) is 14.4. The fraction of sp³-hybridized carbons (Fsp3) is 0.238.